The second-order valence-corrected chi connectivity index (χ2v) is 7.15. The molecule has 0 aliphatic rings. The highest BCUT2D eigenvalue weighted by molar-refractivity contribution is 7.92. The lowest BCUT2D eigenvalue weighted by atomic mass is 10.1. The van der Waals surface area contributed by atoms with Crippen LogP contribution in [-0.2, 0) is 10.0 Å². The first-order chi connectivity index (χ1) is 9.38. The van der Waals surface area contributed by atoms with Crippen molar-refractivity contribution in [1.29, 1.82) is 0 Å². The van der Waals surface area contributed by atoms with E-state index in [1.54, 1.807) is 23.6 Å². The Hall–Kier alpha value is -1.86. The van der Waals surface area contributed by atoms with Gasteiger partial charge in [-0.25, -0.2) is 17.9 Å². The molecule has 0 atom stereocenters. The van der Waals surface area contributed by atoms with Gasteiger partial charge in [0, 0.05) is 5.69 Å². The van der Waals surface area contributed by atoms with Gasteiger partial charge in [-0.2, -0.15) is 0 Å². The van der Waals surface area contributed by atoms with Crippen LogP contribution in [0.25, 0.3) is 0 Å². The number of benzene rings is 1. The zero-order valence-electron chi connectivity index (χ0n) is 11.0. The lowest BCUT2D eigenvalue weighted by molar-refractivity contribution is 0.256. The summed E-state index contributed by atoms with van der Waals surface area (Å²) in [4.78, 5) is 11.7. The molecule has 106 valence electrons. The molecule has 0 aliphatic carbocycles. The third kappa shape index (κ3) is 3.37. The van der Waals surface area contributed by atoms with Crippen LogP contribution in [0.4, 0.5) is 10.5 Å². The fourth-order valence-corrected chi connectivity index (χ4v) is 3.46. The smallest absolute Gasteiger partial charge is 0.307 e. The van der Waals surface area contributed by atoms with Gasteiger partial charge in [0.15, 0.2) is 0 Å². The van der Waals surface area contributed by atoms with Crippen LogP contribution in [0.15, 0.2) is 39.9 Å². The van der Waals surface area contributed by atoms with Crippen molar-refractivity contribution in [2.75, 3.05) is 5.32 Å². The topological polar surface area (TPSA) is 75.3 Å². The van der Waals surface area contributed by atoms with Gasteiger partial charge >= 0.3 is 6.03 Å². The Labute approximate surface area is 121 Å². The number of thiophene rings is 1. The van der Waals surface area contributed by atoms with E-state index in [1.165, 1.54) is 6.07 Å². The number of sulfonamides is 1. The predicted molar refractivity (Wildman–Crippen MR) is 79.6 cm³/mol. The standard InChI is InChI=1S/C13H14N2O3S2/c1-9-5-6-11(8-10(9)2)14-13(16)15-20(17,18)12-4-3-7-19-12/h3-8H,1-2H3,(H2,14,15,16). The highest BCUT2D eigenvalue weighted by Crippen LogP contribution is 2.16. The third-order valence-corrected chi connectivity index (χ3v) is 5.48. The van der Waals surface area contributed by atoms with Gasteiger partial charge in [-0.3, -0.25) is 0 Å². The lowest BCUT2D eigenvalue weighted by Crippen LogP contribution is -2.33. The molecular formula is C13H14N2O3S2. The SMILES string of the molecule is Cc1ccc(NC(=O)NS(=O)(=O)c2cccs2)cc1C. The maximum atomic E-state index is 11.9. The minimum atomic E-state index is -3.80. The summed E-state index contributed by atoms with van der Waals surface area (Å²) in [5.74, 6) is 0. The summed E-state index contributed by atoms with van der Waals surface area (Å²) in [6, 6.07) is 7.64. The monoisotopic (exact) mass is 310 g/mol. The van der Waals surface area contributed by atoms with Gasteiger partial charge in [-0.15, -0.1) is 11.3 Å². The summed E-state index contributed by atoms with van der Waals surface area (Å²) < 4.78 is 25.8. The van der Waals surface area contributed by atoms with Crippen molar-refractivity contribution in [2.24, 2.45) is 0 Å². The fraction of sp³-hybridized carbons (Fsp3) is 0.154. The van der Waals surface area contributed by atoms with Crippen molar-refractivity contribution in [3.63, 3.8) is 0 Å². The summed E-state index contributed by atoms with van der Waals surface area (Å²) >= 11 is 1.05. The van der Waals surface area contributed by atoms with E-state index in [4.69, 9.17) is 0 Å². The van der Waals surface area contributed by atoms with Crippen molar-refractivity contribution < 1.29 is 13.2 Å². The summed E-state index contributed by atoms with van der Waals surface area (Å²) in [6.45, 7) is 3.88. The van der Waals surface area contributed by atoms with E-state index in [-0.39, 0.29) is 4.21 Å². The maximum Gasteiger partial charge on any atom is 0.333 e. The van der Waals surface area contributed by atoms with Crippen LogP contribution in [0.1, 0.15) is 11.1 Å². The molecule has 0 saturated carbocycles. The van der Waals surface area contributed by atoms with E-state index in [0.717, 1.165) is 22.5 Å². The van der Waals surface area contributed by atoms with Crippen molar-refractivity contribution in [3.8, 4) is 0 Å². The molecule has 20 heavy (non-hydrogen) atoms. The first kappa shape index (κ1) is 14.5. The molecule has 0 unspecified atom stereocenters. The zero-order chi connectivity index (χ0) is 14.8. The van der Waals surface area contributed by atoms with Crippen LogP contribution >= 0.6 is 11.3 Å². The fourth-order valence-electron chi connectivity index (χ4n) is 1.56. The molecule has 2 N–H and O–H groups in total. The number of hydrogen-bond donors (Lipinski definition) is 2. The normalized spacial score (nSPS) is 11.1. The molecule has 2 amide bonds. The lowest BCUT2D eigenvalue weighted by Gasteiger charge is -2.09. The van der Waals surface area contributed by atoms with E-state index in [2.05, 4.69) is 5.32 Å². The Bertz CT molecular complexity index is 722. The Morgan fingerprint density at radius 2 is 1.90 bits per heavy atom. The molecule has 7 heteroatoms. The minimum absolute atomic E-state index is 0.104. The number of anilines is 1. The highest BCUT2D eigenvalue weighted by Gasteiger charge is 2.18. The molecule has 1 heterocycles. The van der Waals surface area contributed by atoms with Crippen molar-refractivity contribution >= 4 is 33.1 Å². The Morgan fingerprint density at radius 3 is 2.50 bits per heavy atom. The van der Waals surface area contributed by atoms with Gasteiger partial charge in [-0.1, -0.05) is 12.1 Å². The maximum absolute atomic E-state index is 11.9. The summed E-state index contributed by atoms with van der Waals surface area (Å²) in [7, 11) is -3.80. The second kappa shape index (κ2) is 5.64. The molecule has 0 saturated heterocycles. The molecule has 2 aromatic rings. The molecule has 1 aromatic carbocycles. The number of rotatable bonds is 3. The van der Waals surface area contributed by atoms with E-state index in [9.17, 15) is 13.2 Å². The van der Waals surface area contributed by atoms with Crippen LogP contribution in [-0.4, -0.2) is 14.4 Å². The van der Waals surface area contributed by atoms with Crippen molar-refractivity contribution in [2.45, 2.75) is 18.1 Å². The quantitative estimate of drug-likeness (QED) is 0.915. The van der Waals surface area contributed by atoms with Gasteiger partial charge < -0.3 is 5.32 Å². The van der Waals surface area contributed by atoms with Crippen LogP contribution in [0.2, 0.25) is 0 Å². The molecule has 0 bridgehead atoms. The molecule has 0 aliphatic heterocycles. The number of amides is 2. The summed E-state index contributed by atoms with van der Waals surface area (Å²) in [5, 5.41) is 4.14. The minimum Gasteiger partial charge on any atom is -0.307 e. The second-order valence-electron chi connectivity index (χ2n) is 4.29. The van der Waals surface area contributed by atoms with Gasteiger partial charge in [0.2, 0.25) is 0 Å². The molecule has 0 spiro atoms. The van der Waals surface area contributed by atoms with Crippen LogP contribution in [0.3, 0.4) is 0 Å². The molecule has 0 fully saturated rings. The number of carbonyl (C=O) groups is 1. The Morgan fingerprint density at radius 1 is 1.15 bits per heavy atom. The number of nitrogens with one attached hydrogen (secondary N) is 2. The van der Waals surface area contributed by atoms with E-state index >= 15 is 0 Å². The van der Waals surface area contributed by atoms with Crippen LogP contribution in [0, 0.1) is 13.8 Å². The van der Waals surface area contributed by atoms with Gasteiger partial charge in [0.1, 0.15) is 4.21 Å². The number of carbonyl (C=O) groups excluding carboxylic acids is 1. The molecule has 5 nitrogen and oxygen atoms in total. The Kier molecular flexibility index (Phi) is 4.10. The molecule has 2 rings (SSSR count). The number of urea groups is 1. The number of hydrogen-bond acceptors (Lipinski definition) is 4. The summed E-state index contributed by atoms with van der Waals surface area (Å²) in [5.41, 5.74) is 2.66. The average molecular weight is 310 g/mol. The number of aryl methyl sites for hydroxylation is 2. The van der Waals surface area contributed by atoms with Crippen LogP contribution in [0.5, 0.6) is 0 Å². The van der Waals surface area contributed by atoms with Crippen molar-refractivity contribution in [3.05, 3.63) is 46.8 Å². The predicted octanol–water partition coefficient (Wildman–Crippen LogP) is 2.88. The highest BCUT2D eigenvalue weighted by atomic mass is 32.2. The van der Waals surface area contributed by atoms with E-state index in [1.807, 2.05) is 24.6 Å². The van der Waals surface area contributed by atoms with Gasteiger partial charge in [0.25, 0.3) is 10.0 Å². The van der Waals surface area contributed by atoms with Gasteiger partial charge in [-0.05, 0) is 48.6 Å². The van der Waals surface area contributed by atoms with Crippen LogP contribution < -0.4 is 10.0 Å². The zero-order valence-corrected chi connectivity index (χ0v) is 12.6. The molecule has 0 radical (unpaired) electrons. The Balaban J connectivity index is 2.08. The van der Waals surface area contributed by atoms with Gasteiger partial charge in [0.05, 0.1) is 0 Å². The third-order valence-electron chi connectivity index (χ3n) is 2.75. The van der Waals surface area contributed by atoms with Crippen molar-refractivity contribution in [1.82, 2.24) is 4.72 Å². The largest absolute Gasteiger partial charge is 0.333 e. The van der Waals surface area contributed by atoms with E-state index in [0.29, 0.717) is 5.69 Å². The average Bonchev–Trinajstić information content (AvgIpc) is 2.87. The summed E-state index contributed by atoms with van der Waals surface area (Å²) in [6.07, 6.45) is 0. The first-order valence-electron chi connectivity index (χ1n) is 5.83. The molecule has 1 aromatic heterocycles. The molecular weight excluding hydrogens is 296 g/mol. The first-order valence-corrected chi connectivity index (χ1v) is 8.19. The van der Waals surface area contributed by atoms with E-state index < -0.39 is 16.1 Å².